The molecule has 0 saturated carbocycles. The van der Waals surface area contributed by atoms with Crippen molar-refractivity contribution in [1.29, 1.82) is 0 Å². The highest BCUT2D eigenvalue weighted by molar-refractivity contribution is 6.25. The minimum Gasteiger partial charge on any atom is -0.292 e. The Morgan fingerprint density at radius 3 is 2.55 bits per heavy atom. The number of anilines is 1. The van der Waals surface area contributed by atoms with E-state index in [4.69, 9.17) is 0 Å². The van der Waals surface area contributed by atoms with Crippen LogP contribution in [0.25, 0.3) is 0 Å². The van der Waals surface area contributed by atoms with E-state index in [0.29, 0.717) is 5.69 Å². The SMILES string of the molecule is Cc1ccc(N2C(=O)[C@@H]3[C@H](C2=O)[C@@H](C(=O)c2cccc([N+](=O)[O-])c2)N2N=CC=C[C@H]32)c(C)c1. The van der Waals surface area contributed by atoms with Gasteiger partial charge in [-0.25, -0.2) is 4.90 Å². The molecule has 0 spiro atoms. The first-order chi connectivity index (χ1) is 15.8. The second-order valence-corrected chi connectivity index (χ2v) is 8.49. The predicted octanol–water partition coefficient (Wildman–Crippen LogP) is 2.81. The quantitative estimate of drug-likeness (QED) is 0.310. The first-order valence-electron chi connectivity index (χ1n) is 10.5. The van der Waals surface area contributed by atoms with E-state index in [0.717, 1.165) is 11.1 Å². The molecule has 0 radical (unpaired) electrons. The molecule has 2 fully saturated rings. The number of nitro groups is 1. The molecular weight excluding hydrogens is 424 g/mol. The fraction of sp³-hybridized carbons (Fsp3) is 0.250. The van der Waals surface area contributed by atoms with Crippen molar-refractivity contribution in [1.82, 2.24) is 5.01 Å². The van der Waals surface area contributed by atoms with Gasteiger partial charge in [-0.2, -0.15) is 5.10 Å². The van der Waals surface area contributed by atoms with Crippen LogP contribution in [-0.2, 0) is 9.59 Å². The number of nitro benzene ring substituents is 1. The lowest BCUT2D eigenvalue weighted by Gasteiger charge is -2.30. The van der Waals surface area contributed by atoms with Crippen LogP contribution in [0.2, 0.25) is 0 Å². The molecule has 0 unspecified atom stereocenters. The summed E-state index contributed by atoms with van der Waals surface area (Å²) in [5.41, 5.74) is 2.17. The molecule has 2 aromatic rings. The molecule has 2 amide bonds. The minimum atomic E-state index is -1.05. The molecule has 3 aliphatic heterocycles. The Hall–Kier alpha value is -4.14. The van der Waals surface area contributed by atoms with Crippen LogP contribution in [0.5, 0.6) is 0 Å². The number of benzene rings is 2. The lowest BCUT2D eigenvalue weighted by Crippen LogP contribution is -2.46. The van der Waals surface area contributed by atoms with Gasteiger partial charge in [0.25, 0.3) is 5.69 Å². The van der Waals surface area contributed by atoms with Gasteiger partial charge < -0.3 is 0 Å². The average Bonchev–Trinajstić information content (AvgIpc) is 3.27. The molecule has 2 aromatic carbocycles. The lowest BCUT2D eigenvalue weighted by molar-refractivity contribution is -0.384. The number of carbonyl (C=O) groups is 3. The van der Waals surface area contributed by atoms with Crippen LogP contribution in [0.1, 0.15) is 21.5 Å². The zero-order valence-electron chi connectivity index (χ0n) is 17.9. The number of nitrogens with zero attached hydrogens (tertiary/aromatic N) is 4. The highest BCUT2D eigenvalue weighted by Gasteiger charge is 2.64. The Kier molecular flexibility index (Phi) is 4.70. The zero-order valence-corrected chi connectivity index (χ0v) is 17.9. The zero-order chi connectivity index (χ0) is 23.4. The number of hydrogen-bond acceptors (Lipinski definition) is 7. The van der Waals surface area contributed by atoms with E-state index in [1.807, 2.05) is 26.0 Å². The number of Topliss-reactive ketones (excluding diaryl/α,β-unsaturated/α-hetero) is 1. The van der Waals surface area contributed by atoms with E-state index < -0.39 is 40.5 Å². The summed E-state index contributed by atoms with van der Waals surface area (Å²) in [5, 5.41) is 17.0. The molecule has 0 aromatic heterocycles. The monoisotopic (exact) mass is 444 g/mol. The molecular formula is C24H20N4O5. The molecule has 33 heavy (non-hydrogen) atoms. The van der Waals surface area contributed by atoms with E-state index in [1.54, 1.807) is 18.2 Å². The number of aryl methyl sites for hydroxylation is 2. The molecule has 5 rings (SSSR count). The van der Waals surface area contributed by atoms with Crippen molar-refractivity contribution in [3.8, 4) is 0 Å². The average molecular weight is 444 g/mol. The third-order valence-electron chi connectivity index (χ3n) is 6.49. The lowest BCUT2D eigenvalue weighted by atomic mass is 9.86. The van der Waals surface area contributed by atoms with E-state index in [2.05, 4.69) is 5.10 Å². The Bertz CT molecular complexity index is 1280. The van der Waals surface area contributed by atoms with Gasteiger partial charge in [0.2, 0.25) is 11.8 Å². The fourth-order valence-electron chi connectivity index (χ4n) is 5.07. The fourth-order valence-corrected chi connectivity index (χ4v) is 5.07. The first-order valence-corrected chi connectivity index (χ1v) is 10.5. The van der Waals surface area contributed by atoms with Gasteiger partial charge >= 0.3 is 0 Å². The third kappa shape index (κ3) is 3.07. The van der Waals surface area contributed by atoms with Crippen LogP contribution in [0, 0.1) is 35.8 Å². The van der Waals surface area contributed by atoms with Gasteiger partial charge in [0.15, 0.2) is 5.78 Å². The number of fused-ring (bicyclic) bond motifs is 3. The van der Waals surface area contributed by atoms with Crippen molar-refractivity contribution < 1.29 is 19.3 Å². The van der Waals surface area contributed by atoms with Crippen LogP contribution in [0.3, 0.4) is 0 Å². The van der Waals surface area contributed by atoms with Crippen molar-refractivity contribution in [2.24, 2.45) is 16.9 Å². The molecule has 9 heteroatoms. The number of allylic oxidation sites excluding steroid dienone is 1. The van der Waals surface area contributed by atoms with E-state index in [1.165, 1.54) is 40.4 Å². The predicted molar refractivity (Wildman–Crippen MR) is 120 cm³/mol. The van der Waals surface area contributed by atoms with Crippen molar-refractivity contribution in [3.05, 3.63) is 81.4 Å². The van der Waals surface area contributed by atoms with Crippen LogP contribution in [0.15, 0.2) is 59.7 Å². The van der Waals surface area contributed by atoms with Gasteiger partial charge in [-0.1, -0.05) is 35.9 Å². The number of carbonyl (C=O) groups excluding carboxylic acids is 3. The molecule has 9 nitrogen and oxygen atoms in total. The Morgan fingerprint density at radius 2 is 1.82 bits per heavy atom. The van der Waals surface area contributed by atoms with Gasteiger partial charge in [0.05, 0.1) is 28.5 Å². The van der Waals surface area contributed by atoms with Crippen molar-refractivity contribution in [2.45, 2.75) is 25.9 Å². The summed E-state index contributed by atoms with van der Waals surface area (Å²) in [6.07, 6.45) is 4.96. The highest BCUT2D eigenvalue weighted by atomic mass is 16.6. The largest absolute Gasteiger partial charge is 0.292 e. The standard InChI is InChI=1S/C24H20N4O5/c1-13-8-9-17(14(2)11-13)26-23(30)19-18-7-4-10-25-27(18)21(20(19)24(26)31)22(29)15-5-3-6-16(12-15)28(32)33/h3-12,18-21H,1-2H3/t18-,19+,20+,21+/m1/s1. The number of rotatable bonds is 4. The molecule has 3 aliphatic rings. The summed E-state index contributed by atoms with van der Waals surface area (Å²) in [4.78, 5) is 52.6. The van der Waals surface area contributed by atoms with Crippen LogP contribution in [0.4, 0.5) is 11.4 Å². The second-order valence-electron chi connectivity index (χ2n) is 8.49. The van der Waals surface area contributed by atoms with Crippen molar-refractivity contribution in [2.75, 3.05) is 4.90 Å². The summed E-state index contributed by atoms with van der Waals surface area (Å²) in [5.74, 6) is -3.04. The first kappa shape index (κ1) is 20.7. The Morgan fingerprint density at radius 1 is 1.06 bits per heavy atom. The van der Waals surface area contributed by atoms with E-state index >= 15 is 0 Å². The third-order valence-corrected chi connectivity index (χ3v) is 6.49. The van der Waals surface area contributed by atoms with Crippen molar-refractivity contribution >= 4 is 35.2 Å². The molecule has 2 saturated heterocycles. The van der Waals surface area contributed by atoms with E-state index in [-0.39, 0.29) is 17.2 Å². The van der Waals surface area contributed by atoms with Crippen LogP contribution >= 0.6 is 0 Å². The molecule has 4 atom stereocenters. The molecule has 0 bridgehead atoms. The molecule has 166 valence electrons. The highest BCUT2D eigenvalue weighted by Crippen LogP contribution is 2.46. The topological polar surface area (TPSA) is 113 Å². The number of imide groups is 1. The number of non-ortho nitro benzene ring substituents is 1. The summed E-state index contributed by atoms with van der Waals surface area (Å²) in [6.45, 7) is 3.76. The summed E-state index contributed by atoms with van der Waals surface area (Å²) < 4.78 is 0. The van der Waals surface area contributed by atoms with Crippen molar-refractivity contribution in [3.63, 3.8) is 0 Å². The number of amides is 2. The smallest absolute Gasteiger partial charge is 0.270 e. The van der Waals surface area contributed by atoms with Crippen LogP contribution < -0.4 is 4.90 Å². The maximum atomic E-state index is 13.6. The summed E-state index contributed by atoms with van der Waals surface area (Å²) in [6, 6.07) is 9.26. The second kappa shape index (κ2) is 7.47. The summed E-state index contributed by atoms with van der Waals surface area (Å²) >= 11 is 0. The maximum Gasteiger partial charge on any atom is 0.270 e. The van der Waals surface area contributed by atoms with Gasteiger partial charge in [-0.15, -0.1) is 0 Å². The summed E-state index contributed by atoms with van der Waals surface area (Å²) in [7, 11) is 0. The van der Waals surface area contributed by atoms with Gasteiger partial charge in [-0.3, -0.25) is 29.5 Å². The number of hydrogen-bond donors (Lipinski definition) is 0. The molecule has 0 aliphatic carbocycles. The maximum absolute atomic E-state index is 13.6. The van der Waals surface area contributed by atoms with Crippen LogP contribution in [-0.4, -0.2) is 45.8 Å². The Balaban J connectivity index is 1.59. The molecule has 3 heterocycles. The normalized spacial score (nSPS) is 25.4. The minimum absolute atomic E-state index is 0.101. The van der Waals surface area contributed by atoms with Gasteiger partial charge in [-0.05, 0) is 31.6 Å². The number of hydrazone groups is 1. The van der Waals surface area contributed by atoms with Gasteiger partial charge in [0.1, 0.15) is 6.04 Å². The van der Waals surface area contributed by atoms with E-state index in [9.17, 15) is 24.5 Å². The Labute approximate surface area is 189 Å². The molecule has 0 N–H and O–H groups in total. The number of ketones is 1. The van der Waals surface area contributed by atoms with Gasteiger partial charge in [0, 0.05) is 23.9 Å².